The molecule has 4 heteroatoms. The lowest BCUT2D eigenvalue weighted by molar-refractivity contribution is 0.144. The molecule has 4 nitrogen and oxygen atoms in total. The number of amides is 1. The van der Waals surface area contributed by atoms with E-state index in [1.54, 1.807) is 0 Å². The summed E-state index contributed by atoms with van der Waals surface area (Å²) in [6, 6.07) is 22.2. The van der Waals surface area contributed by atoms with Crippen molar-refractivity contribution in [3.8, 4) is 23.0 Å². The number of hydrogen-bond acceptors (Lipinski definition) is 3. The van der Waals surface area contributed by atoms with Gasteiger partial charge in [0.05, 0.1) is 6.54 Å². The maximum atomic E-state index is 12.1. The third-order valence-corrected chi connectivity index (χ3v) is 4.77. The standard InChI is InChI=1S/C24H20N2O2/c1-17-8-6-9-18(26-17)10-7-15-25-24(27)28-16-23-21-13-4-2-11-19(21)20-12-3-5-14-22(20)23/h2-6,8-9,11-14,23H,15-16H2,1H3,(H,25,27). The Morgan fingerprint density at radius 1 is 1.00 bits per heavy atom. The lowest BCUT2D eigenvalue weighted by Crippen LogP contribution is -2.26. The van der Waals surface area contributed by atoms with E-state index in [0.29, 0.717) is 12.3 Å². The number of aromatic nitrogens is 1. The van der Waals surface area contributed by atoms with Crippen molar-refractivity contribution in [2.45, 2.75) is 12.8 Å². The summed E-state index contributed by atoms with van der Waals surface area (Å²) in [4.78, 5) is 16.4. The van der Waals surface area contributed by atoms with Gasteiger partial charge in [-0.2, -0.15) is 0 Å². The first-order valence-corrected chi connectivity index (χ1v) is 9.24. The molecular weight excluding hydrogens is 348 g/mol. The van der Waals surface area contributed by atoms with E-state index in [0.717, 1.165) is 5.69 Å². The van der Waals surface area contributed by atoms with Gasteiger partial charge in [0.2, 0.25) is 0 Å². The van der Waals surface area contributed by atoms with Gasteiger partial charge in [-0.05, 0) is 47.2 Å². The smallest absolute Gasteiger partial charge is 0.407 e. The zero-order valence-corrected chi connectivity index (χ0v) is 15.6. The molecule has 2 aromatic carbocycles. The van der Waals surface area contributed by atoms with Gasteiger partial charge in [0.15, 0.2) is 0 Å². The normalized spacial score (nSPS) is 11.8. The van der Waals surface area contributed by atoms with Crippen molar-refractivity contribution in [3.63, 3.8) is 0 Å². The van der Waals surface area contributed by atoms with Crippen LogP contribution in [0.3, 0.4) is 0 Å². The van der Waals surface area contributed by atoms with E-state index in [1.807, 2.05) is 49.4 Å². The minimum Gasteiger partial charge on any atom is -0.449 e. The molecule has 1 aliphatic rings. The fraction of sp³-hybridized carbons (Fsp3) is 0.167. The van der Waals surface area contributed by atoms with Gasteiger partial charge in [-0.3, -0.25) is 0 Å². The monoisotopic (exact) mass is 368 g/mol. The number of alkyl carbamates (subject to hydrolysis) is 1. The second-order valence-corrected chi connectivity index (χ2v) is 6.65. The van der Waals surface area contributed by atoms with Crippen LogP contribution >= 0.6 is 0 Å². The lowest BCUT2D eigenvalue weighted by atomic mass is 9.98. The minimum atomic E-state index is -0.464. The average molecular weight is 368 g/mol. The summed E-state index contributed by atoms with van der Waals surface area (Å²) in [6.07, 6.45) is -0.464. The van der Waals surface area contributed by atoms with Crippen LogP contribution in [0.25, 0.3) is 11.1 Å². The van der Waals surface area contributed by atoms with Gasteiger partial charge in [-0.25, -0.2) is 9.78 Å². The predicted molar refractivity (Wildman–Crippen MR) is 109 cm³/mol. The number of rotatable bonds is 3. The van der Waals surface area contributed by atoms with Crippen molar-refractivity contribution in [3.05, 3.63) is 89.2 Å². The van der Waals surface area contributed by atoms with Crippen LogP contribution in [0.2, 0.25) is 0 Å². The highest BCUT2D eigenvalue weighted by Gasteiger charge is 2.28. The molecule has 138 valence electrons. The zero-order chi connectivity index (χ0) is 19.3. The Hall–Kier alpha value is -3.58. The molecule has 1 aromatic heterocycles. The van der Waals surface area contributed by atoms with E-state index in [2.05, 4.69) is 46.4 Å². The summed E-state index contributed by atoms with van der Waals surface area (Å²) in [5, 5.41) is 2.68. The summed E-state index contributed by atoms with van der Waals surface area (Å²) < 4.78 is 5.48. The number of carbonyl (C=O) groups is 1. The number of benzene rings is 2. The molecule has 0 bridgehead atoms. The fourth-order valence-corrected chi connectivity index (χ4v) is 3.51. The van der Waals surface area contributed by atoms with Crippen LogP contribution in [0.4, 0.5) is 4.79 Å². The molecule has 1 aliphatic carbocycles. The molecule has 4 rings (SSSR count). The molecule has 0 spiro atoms. The number of hydrogen-bond donors (Lipinski definition) is 1. The topological polar surface area (TPSA) is 51.2 Å². The molecule has 0 fully saturated rings. The Morgan fingerprint density at radius 2 is 1.68 bits per heavy atom. The third kappa shape index (κ3) is 3.74. The van der Waals surface area contributed by atoms with Gasteiger partial charge in [0.25, 0.3) is 0 Å². The Kier molecular flexibility index (Phi) is 5.07. The first-order chi connectivity index (χ1) is 13.7. The van der Waals surface area contributed by atoms with E-state index in [-0.39, 0.29) is 12.5 Å². The van der Waals surface area contributed by atoms with Gasteiger partial charge >= 0.3 is 6.09 Å². The maximum absolute atomic E-state index is 12.1. The van der Waals surface area contributed by atoms with Crippen LogP contribution in [0.1, 0.15) is 28.4 Å². The quantitative estimate of drug-likeness (QED) is 0.702. The van der Waals surface area contributed by atoms with Gasteiger partial charge < -0.3 is 10.1 Å². The fourth-order valence-electron chi connectivity index (χ4n) is 3.51. The second-order valence-electron chi connectivity index (χ2n) is 6.65. The molecule has 0 unspecified atom stereocenters. The Balaban J connectivity index is 1.35. The van der Waals surface area contributed by atoms with E-state index in [4.69, 9.17) is 4.74 Å². The van der Waals surface area contributed by atoms with Crippen molar-refractivity contribution in [1.82, 2.24) is 10.3 Å². The van der Waals surface area contributed by atoms with Crippen LogP contribution in [0, 0.1) is 18.8 Å². The average Bonchev–Trinajstić information content (AvgIpc) is 3.04. The molecule has 0 radical (unpaired) electrons. The van der Waals surface area contributed by atoms with E-state index in [9.17, 15) is 4.79 Å². The summed E-state index contributed by atoms with van der Waals surface area (Å²) >= 11 is 0. The van der Waals surface area contributed by atoms with Crippen molar-refractivity contribution in [1.29, 1.82) is 0 Å². The molecule has 0 saturated carbocycles. The number of ether oxygens (including phenoxy) is 1. The number of carbonyl (C=O) groups excluding carboxylic acids is 1. The largest absolute Gasteiger partial charge is 0.449 e. The highest BCUT2D eigenvalue weighted by molar-refractivity contribution is 5.79. The molecule has 1 amide bonds. The first kappa shape index (κ1) is 17.8. The number of pyridine rings is 1. The lowest BCUT2D eigenvalue weighted by Gasteiger charge is -2.14. The highest BCUT2D eigenvalue weighted by Crippen LogP contribution is 2.44. The van der Waals surface area contributed by atoms with Crippen LogP contribution < -0.4 is 5.32 Å². The number of aryl methyl sites for hydroxylation is 1. The van der Waals surface area contributed by atoms with E-state index in [1.165, 1.54) is 22.3 Å². The SMILES string of the molecule is Cc1cccc(C#CCNC(=O)OCC2c3ccccc3-c3ccccc32)n1. The van der Waals surface area contributed by atoms with Crippen molar-refractivity contribution in [2.24, 2.45) is 0 Å². The summed E-state index contributed by atoms with van der Waals surface area (Å²) in [5.74, 6) is 5.88. The summed E-state index contributed by atoms with van der Waals surface area (Å²) in [6.45, 7) is 2.43. The number of nitrogens with zero attached hydrogens (tertiary/aromatic N) is 1. The molecule has 3 aromatic rings. The van der Waals surface area contributed by atoms with Crippen LogP contribution in [-0.2, 0) is 4.74 Å². The van der Waals surface area contributed by atoms with Crippen LogP contribution in [0.15, 0.2) is 66.7 Å². The molecular formula is C24H20N2O2. The van der Waals surface area contributed by atoms with E-state index >= 15 is 0 Å². The molecule has 0 aliphatic heterocycles. The Labute approximate surface area is 164 Å². The maximum Gasteiger partial charge on any atom is 0.407 e. The third-order valence-electron chi connectivity index (χ3n) is 4.77. The van der Waals surface area contributed by atoms with Gasteiger partial charge in [-0.1, -0.05) is 60.5 Å². The van der Waals surface area contributed by atoms with Gasteiger partial charge in [0.1, 0.15) is 12.3 Å². The van der Waals surface area contributed by atoms with Crippen molar-refractivity contribution in [2.75, 3.05) is 13.2 Å². The second kappa shape index (κ2) is 7.98. The number of nitrogens with one attached hydrogen (secondary N) is 1. The predicted octanol–water partition coefficient (Wildman–Crippen LogP) is 4.28. The molecule has 0 saturated heterocycles. The summed E-state index contributed by atoms with van der Waals surface area (Å²) in [7, 11) is 0. The van der Waals surface area contributed by atoms with Gasteiger partial charge in [0, 0.05) is 11.6 Å². The minimum absolute atomic E-state index is 0.0562. The molecule has 1 heterocycles. The zero-order valence-electron chi connectivity index (χ0n) is 15.6. The highest BCUT2D eigenvalue weighted by atomic mass is 16.5. The van der Waals surface area contributed by atoms with Crippen molar-refractivity contribution >= 4 is 6.09 Å². The molecule has 28 heavy (non-hydrogen) atoms. The van der Waals surface area contributed by atoms with Crippen LogP contribution in [0.5, 0.6) is 0 Å². The van der Waals surface area contributed by atoms with Gasteiger partial charge in [-0.15, -0.1) is 0 Å². The molecule has 0 atom stereocenters. The molecule has 1 N–H and O–H groups in total. The Morgan fingerprint density at radius 3 is 2.36 bits per heavy atom. The van der Waals surface area contributed by atoms with E-state index < -0.39 is 6.09 Å². The summed E-state index contributed by atoms with van der Waals surface area (Å²) in [5.41, 5.74) is 6.42. The Bertz CT molecular complexity index is 1030. The first-order valence-electron chi connectivity index (χ1n) is 9.24. The number of fused-ring (bicyclic) bond motifs is 3. The van der Waals surface area contributed by atoms with Crippen molar-refractivity contribution < 1.29 is 9.53 Å². The van der Waals surface area contributed by atoms with Crippen LogP contribution in [-0.4, -0.2) is 24.2 Å².